The van der Waals surface area contributed by atoms with Gasteiger partial charge in [-0.15, -0.1) is 0 Å². The Hall–Kier alpha value is -2.90. The van der Waals surface area contributed by atoms with Gasteiger partial charge in [0.25, 0.3) is 0 Å². The van der Waals surface area contributed by atoms with Gasteiger partial charge in [-0.3, -0.25) is 14.5 Å². The lowest BCUT2D eigenvalue weighted by atomic mass is 9.59. The first kappa shape index (κ1) is 24.2. The predicted octanol–water partition coefficient (Wildman–Crippen LogP) is 2.95. The van der Waals surface area contributed by atoms with Crippen LogP contribution in [0.25, 0.3) is 0 Å². The van der Waals surface area contributed by atoms with Crippen LogP contribution in [-0.2, 0) is 17.6 Å². The summed E-state index contributed by atoms with van der Waals surface area (Å²) in [7, 11) is 3.49. The quantitative estimate of drug-likeness (QED) is 0.475. The number of rotatable bonds is 6. The molecule has 4 rings (SSSR count). The number of phenols is 1. The maximum absolute atomic E-state index is 13.6. The Balaban J connectivity index is 1.85. The van der Waals surface area contributed by atoms with Crippen LogP contribution in [0.1, 0.15) is 54.1 Å². The number of hydrogen-bond donors (Lipinski definition) is 4. The van der Waals surface area contributed by atoms with Gasteiger partial charge in [0.1, 0.15) is 17.1 Å². The Morgan fingerprint density at radius 1 is 1.24 bits per heavy atom. The number of aliphatic hydroxyl groups excluding tert-OH is 1. The minimum atomic E-state index is -1.94. The summed E-state index contributed by atoms with van der Waals surface area (Å²) >= 11 is 0. The van der Waals surface area contributed by atoms with Crippen molar-refractivity contribution in [3.63, 3.8) is 0 Å². The smallest absolute Gasteiger partial charge is 0.193 e. The number of fused-ring (bicyclic) bond motifs is 3. The molecule has 7 nitrogen and oxygen atoms in total. The van der Waals surface area contributed by atoms with Crippen LogP contribution < -0.4 is 5.73 Å². The fourth-order valence-corrected chi connectivity index (χ4v) is 6.04. The number of Topliss-reactive ketones (excluding diaryl/α,β-unsaturated/α-hetero) is 2. The molecule has 0 amide bonds. The molecule has 1 aromatic carbocycles. The van der Waals surface area contributed by atoms with Crippen LogP contribution in [0.3, 0.4) is 0 Å². The number of allylic oxidation sites excluding steroid dienone is 2. The first-order valence-electron chi connectivity index (χ1n) is 12.0. The molecule has 0 spiro atoms. The van der Waals surface area contributed by atoms with Gasteiger partial charge in [-0.05, 0) is 69.0 Å². The average molecular weight is 467 g/mol. The van der Waals surface area contributed by atoms with Crippen molar-refractivity contribution < 1.29 is 24.9 Å². The predicted molar refractivity (Wildman–Crippen MR) is 129 cm³/mol. The molecule has 0 radical (unpaired) electrons. The topological polar surface area (TPSA) is 124 Å². The number of unbranched alkanes of at least 4 members (excludes halogenated alkanes) is 2. The number of nitrogens with zero attached hydrogens (tertiary/aromatic N) is 1. The van der Waals surface area contributed by atoms with Crippen LogP contribution in [-0.4, -0.2) is 57.5 Å². The van der Waals surface area contributed by atoms with E-state index in [2.05, 4.69) is 13.5 Å². The van der Waals surface area contributed by atoms with Crippen LogP contribution in [0.2, 0.25) is 0 Å². The summed E-state index contributed by atoms with van der Waals surface area (Å²) in [6, 6.07) is 2.72. The Kier molecular flexibility index (Phi) is 6.21. The molecule has 5 N–H and O–H groups in total. The molecule has 0 aromatic heterocycles. The second-order valence-electron chi connectivity index (χ2n) is 10.1. The molecule has 0 unspecified atom stereocenters. The van der Waals surface area contributed by atoms with Gasteiger partial charge >= 0.3 is 0 Å². The maximum Gasteiger partial charge on any atom is 0.193 e. The SMILES string of the molecule is C=C(N)C1=C(O)[C@@]2(O)C=C3C(=O)c4c(O)ccc(CCCCC)c4C[C@H]3C[C@H]2[C@H](N(C)C)C1=O. The van der Waals surface area contributed by atoms with E-state index in [1.807, 2.05) is 6.07 Å². The highest BCUT2D eigenvalue weighted by Crippen LogP contribution is 2.51. The summed E-state index contributed by atoms with van der Waals surface area (Å²) in [6.45, 7) is 5.75. The Labute approximate surface area is 200 Å². The first-order chi connectivity index (χ1) is 16.0. The third-order valence-electron chi connectivity index (χ3n) is 7.69. The molecule has 0 fully saturated rings. The Bertz CT molecular complexity index is 1130. The third-order valence-corrected chi connectivity index (χ3v) is 7.69. The van der Waals surface area contributed by atoms with Crippen LogP contribution in [0.4, 0.5) is 0 Å². The summed E-state index contributed by atoms with van der Waals surface area (Å²) in [5.74, 6) is -2.26. The summed E-state index contributed by atoms with van der Waals surface area (Å²) in [5.41, 5.74) is 6.10. The zero-order valence-electron chi connectivity index (χ0n) is 20.1. The average Bonchev–Trinajstić information content (AvgIpc) is 2.75. The third kappa shape index (κ3) is 3.58. The van der Waals surface area contributed by atoms with Crippen LogP contribution in [0.5, 0.6) is 5.75 Å². The van der Waals surface area contributed by atoms with Crippen molar-refractivity contribution in [1.82, 2.24) is 4.90 Å². The van der Waals surface area contributed by atoms with Crippen molar-refractivity contribution in [2.75, 3.05) is 14.1 Å². The summed E-state index contributed by atoms with van der Waals surface area (Å²) in [4.78, 5) is 28.6. The number of carbonyl (C=O) groups excluding carboxylic acids is 2. The number of aryl methyl sites for hydroxylation is 1. The molecule has 0 bridgehead atoms. The molecular formula is C27H34N2O5. The molecule has 0 heterocycles. The number of aromatic hydroxyl groups is 1. The van der Waals surface area contributed by atoms with E-state index in [0.717, 1.165) is 36.8 Å². The largest absolute Gasteiger partial charge is 0.508 e. The molecule has 7 heteroatoms. The van der Waals surface area contributed by atoms with Crippen molar-refractivity contribution in [2.45, 2.75) is 57.1 Å². The minimum absolute atomic E-state index is 0.0755. The highest BCUT2D eigenvalue weighted by atomic mass is 16.3. The molecule has 34 heavy (non-hydrogen) atoms. The molecule has 0 saturated carbocycles. The molecule has 182 valence electrons. The van der Waals surface area contributed by atoms with Crippen molar-refractivity contribution in [3.05, 3.63) is 64.1 Å². The normalized spacial score (nSPS) is 28.4. The number of nitrogens with two attached hydrogens (primary N) is 1. The zero-order chi connectivity index (χ0) is 24.9. The number of hydrogen-bond acceptors (Lipinski definition) is 7. The van der Waals surface area contributed by atoms with Crippen LogP contribution in [0, 0.1) is 11.8 Å². The number of ketones is 2. The summed E-state index contributed by atoms with van der Waals surface area (Å²) in [6.07, 6.45) is 6.25. The summed E-state index contributed by atoms with van der Waals surface area (Å²) < 4.78 is 0. The Morgan fingerprint density at radius 3 is 2.56 bits per heavy atom. The van der Waals surface area contributed by atoms with Crippen molar-refractivity contribution in [3.8, 4) is 5.75 Å². The van der Waals surface area contributed by atoms with Crippen LogP contribution >= 0.6 is 0 Å². The van der Waals surface area contributed by atoms with Gasteiger partial charge in [-0.25, -0.2) is 0 Å². The second-order valence-corrected chi connectivity index (χ2v) is 10.1. The number of aliphatic hydroxyl groups is 2. The van der Waals surface area contributed by atoms with Gasteiger partial charge < -0.3 is 21.1 Å². The van der Waals surface area contributed by atoms with Crippen LogP contribution in [0.15, 0.2) is 47.4 Å². The zero-order valence-corrected chi connectivity index (χ0v) is 20.1. The monoisotopic (exact) mass is 466 g/mol. The lowest BCUT2D eigenvalue weighted by molar-refractivity contribution is -0.129. The maximum atomic E-state index is 13.6. The molecule has 4 atom stereocenters. The Morgan fingerprint density at radius 2 is 1.94 bits per heavy atom. The van der Waals surface area contributed by atoms with Gasteiger partial charge in [-0.1, -0.05) is 32.4 Å². The number of likely N-dealkylation sites (N-methyl/N-ethyl adjacent to an activating group) is 1. The van der Waals surface area contributed by atoms with E-state index < -0.39 is 23.3 Å². The lowest BCUT2D eigenvalue weighted by Crippen LogP contribution is -2.60. The van der Waals surface area contributed by atoms with E-state index in [4.69, 9.17) is 5.73 Å². The highest BCUT2D eigenvalue weighted by Gasteiger charge is 2.57. The standard InChI is InChI=1S/C27H34N2O5/c1-5-6-7-8-15-9-10-20(30)22-17(15)11-16-12-19-23(29(3)4)25(32)21(14(2)28)26(33)27(19,34)13-18(16)24(22)31/h9-10,13,16,19,23,30,33-34H,2,5-8,11-12,28H2,1,3-4H3/t16-,19-,23-,27+/m0/s1. The fraction of sp³-hybridized carbons (Fsp3) is 0.481. The van der Waals surface area contributed by atoms with E-state index in [1.165, 1.54) is 6.08 Å². The van der Waals surface area contributed by atoms with Gasteiger partial charge in [0.05, 0.1) is 17.2 Å². The van der Waals surface area contributed by atoms with Crippen molar-refractivity contribution >= 4 is 11.6 Å². The van der Waals surface area contributed by atoms with Gasteiger partial charge in [-0.2, -0.15) is 0 Å². The van der Waals surface area contributed by atoms with E-state index in [-0.39, 0.29) is 40.1 Å². The molecule has 3 aliphatic carbocycles. The molecule has 0 aliphatic heterocycles. The molecular weight excluding hydrogens is 432 g/mol. The van der Waals surface area contributed by atoms with E-state index in [9.17, 15) is 24.9 Å². The molecule has 0 saturated heterocycles. The van der Waals surface area contributed by atoms with Gasteiger partial charge in [0.2, 0.25) is 0 Å². The van der Waals surface area contributed by atoms with E-state index in [1.54, 1.807) is 25.1 Å². The van der Waals surface area contributed by atoms with E-state index >= 15 is 0 Å². The summed E-state index contributed by atoms with van der Waals surface area (Å²) in [5, 5.41) is 33.3. The van der Waals surface area contributed by atoms with Crippen molar-refractivity contribution in [1.29, 1.82) is 0 Å². The molecule has 3 aliphatic rings. The minimum Gasteiger partial charge on any atom is -0.508 e. The van der Waals surface area contributed by atoms with E-state index in [0.29, 0.717) is 18.4 Å². The van der Waals surface area contributed by atoms with Crippen molar-refractivity contribution in [2.24, 2.45) is 17.6 Å². The molecule has 1 aromatic rings. The fourth-order valence-electron chi connectivity index (χ4n) is 6.04. The first-order valence-corrected chi connectivity index (χ1v) is 12.0. The number of phenolic OH excluding ortho intramolecular Hbond substituents is 1. The number of benzene rings is 1. The van der Waals surface area contributed by atoms with Gasteiger partial charge in [0.15, 0.2) is 11.6 Å². The number of carbonyl (C=O) groups is 2. The lowest BCUT2D eigenvalue weighted by Gasteiger charge is -2.49. The highest BCUT2D eigenvalue weighted by molar-refractivity contribution is 6.13. The van der Waals surface area contributed by atoms with Gasteiger partial charge in [0, 0.05) is 17.2 Å². The second kappa shape index (κ2) is 8.71.